The van der Waals surface area contributed by atoms with E-state index in [1.54, 1.807) is 18.3 Å². The average molecular weight is 228 g/mol. The van der Waals surface area contributed by atoms with Crippen molar-refractivity contribution in [1.82, 2.24) is 9.97 Å². The van der Waals surface area contributed by atoms with Crippen molar-refractivity contribution in [2.24, 2.45) is 16.5 Å². The van der Waals surface area contributed by atoms with Gasteiger partial charge in [0, 0.05) is 11.3 Å². The van der Waals surface area contributed by atoms with Crippen LogP contribution >= 0.6 is 0 Å². The number of hydrogen-bond acceptors (Lipinski definition) is 4. The number of rotatable bonds is 2. The monoisotopic (exact) mass is 228 g/mol. The maximum absolute atomic E-state index is 5.60. The predicted octanol–water partition coefficient (Wildman–Crippen LogP) is 0.631. The van der Waals surface area contributed by atoms with Gasteiger partial charge in [0.25, 0.3) is 0 Å². The SMILES string of the molecule is NC(N)=Nc1cnc(-c2ccc(N)cc2)cn1. The molecule has 0 aliphatic carbocycles. The summed E-state index contributed by atoms with van der Waals surface area (Å²) in [5, 5.41) is 0. The summed E-state index contributed by atoms with van der Waals surface area (Å²) in [5.41, 5.74) is 18.5. The topological polar surface area (TPSA) is 116 Å². The Kier molecular flexibility index (Phi) is 2.87. The first-order valence-corrected chi connectivity index (χ1v) is 4.93. The number of nitrogens with zero attached hydrogens (tertiary/aromatic N) is 3. The van der Waals surface area contributed by atoms with Crippen LogP contribution in [0.25, 0.3) is 11.3 Å². The third-order valence-corrected chi connectivity index (χ3v) is 2.09. The van der Waals surface area contributed by atoms with Crippen molar-refractivity contribution in [1.29, 1.82) is 0 Å². The number of hydrogen-bond donors (Lipinski definition) is 3. The van der Waals surface area contributed by atoms with Gasteiger partial charge in [-0.1, -0.05) is 12.1 Å². The molecule has 0 bridgehead atoms. The van der Waals surface area contributed by atoms with Crippen molar-refractivity contribution in [3.8, 4) is 11.3 Å². The van der Waals surface area contributed by atoms with Gasteiger partial charge in [0.2, 0.25) is 0 Å². The highest BCUT2D eigenvalue weighted by atomic mass is 15.0. The number of nitrogens with two attached hydrogens (primary N) is 3. The molecule has 0 saturated carbocycles. The van der Waals surface area contributed by atoms with E-state index in [0.29, 0.717) is 11.5 Å². The van der Waals surface area contributed by atoms with Crippen LogP contribution in [0, 0.1) is 0 Å². The fraction of sp³-hybridized carbons (Fsp3) is 0. The van der Waals surface area contributed by atoms with Crippen molar-refractivity contribution in [3.05, 3.63) is 36.7 Å². The molecule has 0 saturated heterocycles. The van der Waals surface area contributed by atoms with E-state index < -0.39 is 0 Å². The fourth-order valence-electron chi connectivity index (χ4n) is 1.31. The van der Waals surface area contributed by atoms with Gasteiger partial charge in [0.05, 0.1) is 18.1 Å². The van der Waals surface area contributed by atoms with Gasteiger partial charge < -0.3 is 17.2 Å². The van der Waals surface area contributed by atoms with E-state index in [0.717, 1.165) is 11.3 Å². The van der Waals surface area contributed by atoms with Crippen LogP contribution in [-0.4, -0.2) is 15.9 Å². The molecule has 2 rings (SSSR count). The van der Waals surface area contributed by atoms with Gasteiger partial charge in [-0.05, 0) is 12.1 Å². The second-order valence-electron chi connectivity index (χ2n) is 3.42. The lowest BCUT2D eigenvalue weighted by molar-refractivity contribution is 1.17. The largest absolute Gasteiger partial charge is 0.399 e. The summed E-state index contributed by atoms with van der Waals surface area (Å²) in [6, 6.07) is 7.36. The number of benzene rings is 1. The van der Waals surface area contributed by atoms with Gasteiger partial charge in [-0.25, -0.2) is 4.98 Å². The van der Waals surface area contributed by atoms with E-state index in [9.17, 15) is 0 Å². The van der Waals surface area contributed by atoms with Crippen LogP contribution in [0.15, 0.2) is 41.7 Å². The molecule has 0 amide bonds. The Labute approximate surface area is 98.2 Å². The Balaban J connectivity index is 2.29. The summed E-state index contributed by atoms with van der Waals surface area (Å²) >= 11 is 0. The highest BCUT2D eigenvalue weighted by Gasteiger charge is 2.00. The molecule has 0 spiro atoms. The van der Waals surface area contributed by atoms with Crippen LogP contribution < -0.4 is 17.2 Å². The first-order valence-electron chi connectivity index (χ1n) is 4.93. The van der Waals surface area contributed by atoms with Gasteiger partial charge in [0.15, 0.2) is 11.8 Å². The van der Waals surface area contributed by atoms with Crippen molar-refractivity contribution in [3.63, 3.8) is 0 Å². The van der Waals surface area contributed by atoms with Gasteiger partial charge in [0.1, 0.15) is 0 Å². The summed E-state index contributed by atoms with van der Waals surface area (Å²) in [6.45, 7) is 0. The minimum Gasteiger partial charge on any atom is -0.399 e. The Bertz CT molecular complexity index is 525. The smallest absolute Gasteiger partial charge is 0.192 e. The van der Waals surface area contributed by atoms with Gasteiger partial charge in [-0.15, -0.1) is 0 Å². The molecule has 86 valence electrons. The van der Waals surface area contributed by atoms with Crippen LogP contribution in [0.5, 0.6) is 0 Å². The number of aromatic nitrogens is 2. The van der Waals surface area contributed by atoms with E-state index in [1.165, 1.54) is 6.20 Å². The van der Waals surface area contributed by atoms with Gasteiger partial charge in [-0.3, -0.25) is 4.98 Å². The first kappa shape index (κ1) is 10.9. The molecule has 0 atom stereocenters. The van der Waals surface area contributed by atoms with Crippen molar-refractivity contribution in [2.45, 2.75) is 0 Å². The van der Waals surface area contributed by atoms with Crippen molar-refractivity contribution >= 4 is 17.5 Å². The second-order valence-corrected chi connectivity index (χ2v) is 3.42. The number of aliphatic imine (C=N–C) groups is 1. The van der Waals surface area contributed by atoms with E-state index >= 15 is 0 Å². The van der Waals surface area contributed by atoms with Crippen LogP contribution in [0.1, 0.15) is 0 Å². The maximum Gasteiger partial charge on any atom is 0.192 e. The molecule has 6 nitrogen and oxygen atoms in total. The summed E-state index contributed by atoms with van der Waals surface area (Å²) in [7, 11) is 0. The maximum atomic E-state index is 5.60. The summed E-state index contributed by atoms with van der Waals surface area (Å²) in [4.78, 5) is 12.1. The third-order valence-electron chi connectivity index (χ3n) is 2.09. The number of anilines is 1. The zero-order valence-electron chi connectivity index (χ0n) is 9.04. The highest BCUT2D eigenvalue weighted by molar-refractivity contribution is 5.78. The molecule has 1 aromatic heterocycles. The fourth-order valence-corrected chi connectivity index (χ4v) is 1.31. The van der Waals surface area contributed by atoms with Crippen LogP contribution in [0.4, 0.5) is 11.5 Å². The average Bonchev–Trinajstić information content (AvgIpc) is 2.30. The second kappa shape index (κ2) is 4.48. The number of guanidine groups is 1. The first-order chi connectivity index (χ1) is 8.15. The molecule has 0 aliphatic rings. The Morgan fingerprint density at radius 1 is 1.00 bits per heavy atom. The predicted molar refractivity (Wildman–Crippen MR) is 67.4 cm³/mol. The Morgan fingerprint density at radius 2 is 1.71 bits per heavy atom. The van der Waals surface area contributed by atoms with Crippen molar-refractivity contribution < 1.29 is 0 Å². The molecule has 6 N–H and O–H groups in total. The quantitative estimate of drug-likeness (QED) is 0.396. The molecular formula is C11H12N6. The molecule has 1 heterocycles. The van der Waals surface area contributed by atoms with Gasteiger partial charge >= 0.3 is 0 Å². The zero-order chi connectivity index (χ0) is 12.3. The van der Waals surface area contributed by atoms with Crippen LogP contribution in [0.2, 0.25) is 0 Å². The normalized spacial score (nSPS) is 9.88. The third kappa shape index (κ3) is 2.69. The zero-order valence-corrected chi connectivity index (χ0v) is 9.04. The lowest BCUT2D eigenvalue weighted by atomic mass is 10.1. The van der Waals surface area contributed by atoms with Crippen LogP contribution in [-0.2, 0) is 0 Å². The molecule has 0 fully saturated rings. The van der Waals surface area contributed by atoms with E-state index in [1.807, 2.05) is 12.1 Å². The minimum absolute atomic E-state index is 0.0421. The summed E-state index contributed by atoms with van der Waals surface area (Å²) in [5.74, 6) is 0.337. The molecule has 2 aromatic rings. The summed E-state index contributed by atoms with van der Waals surface area (Å²) < 4.78 is 0. The molecule has 1 aromatic carbocycles. The molecule has 0 unspecified atom stereocenters. The highest BCUT2D eigenvalue weighted by Crippen LogP contribution is 2.18. The van der Waals surface area contributed by atoms with E-state index in [2.05, 4.69) is 15.0 Å². The minimum atomic E-state index is -0.0421. The molecule has 6 heteroatoms. The van der Waals surface area contributed by atoms with Gasteiger partial charge in [-0.2, -0.15) is 4.99 Å². The molecule has 0 aliphatic heterocycles. The van der Waals surface area contributed by atoms with E-state index in [4.69, 9.17) is 17.2 Å². The molecule has 17 heavy (non-hydrogen) atoms. The Hall–Kier alpha value is -2.63. The van der Waals surface area contributed by atoms with Crippen molar-refractivity contribution in [2.75, 3.05) is 5.73 Å². The van der Waals surface area contributed by atoms with E-state index in [-0.39, 0.29) is 5.96 Å². The number of nitrogen functional groups attached to an aromatic ring is 1. The molecule has 0 radical (unpaired) electrons. The summed E-state index contributed by atoms with van der Waals surface area (Å²) in [6.07, 6.45) is 3.11. The van der Waals surface area contributed by atoms with Crippen LogP contribution in [0.3, 0.4) is 0 Å². The molecular weight excluding hydrogens is 216 g/mol. The Morgan fingerprint density at radius 3 is 2.24 bits per heavy atom. The lowest BCUT2D eigenvalue weighted by Gasteiger charge is -2.01. The standard InChI is InChI=1S/C11H12N6/c12-8-3-1-7(2-4-8)9-5-16-10(6-15-9)17-11(13)14/h1-6H,12H2,(H4,13,14,16,17). The lowest BCUT2D eigenvalue weighted by Crippen LogP contribution is -2.22.